The topological polar surface area (TPSA) is 27.6 Å². The van der Waals surface area contributed by atoms with Crippen molar-refractivity contribution in [2.45, 2.75) is 58.3 Å². The lowest BCUT2D eigenvalue weighted by atomic mass is 9.12. The molecule has 4 rings (SSSR count). The summed E-state index contributed by atoms with van der Waals surface area (Å²) in [6, 6.07) is 0. The maximum atomic E-state index is 15.4. The van der Waals surface area contributed by atoms with Gasteiger partial charge in [-0.05, 0) is 12.8 Å². The van der Waals surface area contributed by atoms with Crippen molar-refractivity contribution in [1.82, 2.24) is 0 Å². The van der Waals surface area contributed by atoms with E-state index in [4.69, 9.17) is 0 Å². The van der Waals surface area contributed by atoms with Crippen molar-refractivity contribution >= 4 is 28.0 Å². The van der Waals surface area contributed by atoms with E-state index >= 15 is 35.1 Å². The third-order valence-corrected chi connectivity index (χ3v) is 8.81. The molecule has 3 N–H and O–H groups in total. The van der Waals surface area contributed by atoms with E-state index in [0.717, 1.165) is 6.54 Å². The normalized spacial score (nSPS) is 11.7. The summed E-state index contributed by atoms with van der Waals surface area (Å²) in [4.78, 5) is 0. The van der Waals surface area contributed by atoms with E-state index in [9.17, 15) is 52.7 Å². The van der Waals surface area contributed by atoms with Gasteiger partial charge < -0.3 is 5.73 Å². The fraction of sp³-hybridized carbons (Fsp3) is 0.294. The van der Waals surface area contributed by atoms with Crippen molar-refractivity contribution in [2.75, 3.05) is 6.54 Å². The Hall–Kier alpha value is -4.50. The molecule has 0 aromatic heterocycles. The Morgan fingerprint density at radius 1 is 0.268 bits per heavy atom. The number of benzene rings is 4. The van der Waals surface area contributed by atoms with E-state index in [1.807, 2.05) is 0 Å². The van der Waals surface area contributed by atoms with E-state index in [1.165, 1.54) is 51.4 Å². The van der Waals surface area contributed by atoms with Gasteiger partial charge in [0.1, 0.15) is 52.7 Å². The quantitative estimate of drug-likeness (QED) is 0.0491. The van der Waals surface area contributed by atoms with Gasteiger partial charge in [-0.3, -0.25) is 0 Å². The standard InChI is InChI=1S/C24BF20.C10H23N/c26-5-1(6(27)14(35)21(42)13(5)34)25(2-7(28)15(36)22(43)16(37)8(2)29,3-9(30)17(38)23(44)18(39)10(3)31)4-11(32)19(40)24(45)20(41)12(4)33;1-2-3-4-5-6-7-8-9-10-11/h;2-11H2,1H3/q-1;/p+1. The van der Waals surface area contributed by atoms with Gasteiger partial charge in [0.15, 0.2) is 69.8 Å². The van der Waals surface area contributed by atoms with Crippen molar-refractivity contribution in [1.29, 1.82) is 0 Å². The molecule has 0 saturated heterocycles. The van der Waals surface area contributed by atoms with Gasteiger partial charge >= 0.3 is 0 Å². The molecular weight excluding hydrogens is 813 g/mol. The van der Waals surface area contributed by atoms with Crippen LogP contribution >= 0.6 is 0 Å². The highest BCUT2D eigenvalue weighted by Crippen LogP contribution is 2.30. The average molecular weight is 837 g/mol. The zero-order valence-electron chi connectivity index (χ0n) is 28.2. The van der Waals surface area contributed by atoms with Crippen LogP contribution in [-0.4, -0.2) is 12.7 Å². The van der Waals surface area contributed by atoms with Gasteiger partial charge in [0, 0.05) is 0 Å². The van der Waals surface area contributed by atoms with E-state index in [0.29, 0.717) is 0 Å². The van der Waals surface area contributed by atoms with Crippen LogP contribution in [0.25, 0.3) is 0 Å². The second kappa shape index (κ2) is 18.2. The molecule has 0 heterocycles. The second-order valence-corrected chi connectivity index (χ2v) is 12.1. The number of rotatable bonds is 12. The van der Waals surface area contributed by atoms with Crippen molar-refractivity contribution in [3.63, 3.8) is 0 Å². The summed E-state index contributed by atoms with van der Waals surface area (Å²) in [5.41, 5.74) is -10.5. The molecule has 0 unspecified atom stereocenters. The predicted octanol–water partition coefficient (Wildman–Crippen LogP) is 8.22. The molecule has 0 saturated carbocycles. The van der Waals surface area contributed by atoms with Gasteiger partial charge in [0.05, 0.1) is 6.54 Å². The highest BCUT2D eigenvalue weighted by Gasteiger charge is 2.52. The molecule has 4 aromatic carbocycles. The Kier molecular flexibility index (Phi) is 14.9. The zero-order valence-corrected chi connectivity index (χ0v) is 28.2. The zero-order chi connectivity index (χ0) is 42.7. The number of halogens is 20. The Labute approximate surface area is 303 Å². The van der Waals surface area contributed by atoms with Crippen molar-refractivity contribution in [2.24, 2.45) is 0 Å². The molecule has 0 bridgehead atoms. The molecule has 0 radical (unpaired) electrons. The van der Waals surface area contributed by atoms with E-state index in [-0.39, 0.29) is 0 Å². The van der Waals surface area contributed by atoms with E-state index < -0.39 is 144 Å². The maximum absolute atomic E-state index is 15.4. The molecule has 308 valence electrons. The highest BCUT2D eigenvalue weighted by molar-refractivity contribution is 7.20. The van der Waals surface area contributed by atoms with Gasteiger partial charge in [0.2, 0.25) is 0 Å². The first-order chi connectivity index (χ1) is 26.1. The first kappa shape index (κ1) is 45.9. The van der Waals surface area contributed by atoms with Crippen LogP contribution in [0.2, 0.25) is 0 Å². The lowest BCUT2D eigenvalue weighted by molar-refractivity contribution is -0.368. The summed E-state index contributed by atoms with van der Waals surface area (Å²) in [6.07, 6.45) is 4.06. The average Bonchev–Trinajstić information content (AvgIpc) is 3.17. The molecule has 0 fully saturated rings. The van der Waals surface area contributed by atoms with Crippen LogP contribution < -0.4 is 27.6 Å². The molecule has 0 aliphatic rings. The van der Waals surface area contributed by atoms with Crippen molar-refractivity contribution < 1.29 is 93.5 Å². The minimum absolute atomic E-state index is 1.12. The molecule has 1 nitrogen and oxygen atoms in total. The molecule has 56 heavy (non-hydrogen) atoms. The third kappa shape index (κ3) is 7.64. The van der Waals surface area contributed by atoms with Crippen LogP contribution in [0.1, 0.15) is 58.3 Å². The molecule has 0 aliphatic heterocycles. The predicted molar refractivity (Wildman–Crippen MR) is 160 cm³/mol. The number of hydrogen-bond acceptors (Lipinski definition) is 0. The first-order valence-corrected chi connectivity index (χ1v) is 16.1. The maximum Gasteiger partial charge on any atom is 0.200 e. The van der Waals surface area contributed by atoms with Gasteiger partial charge in [0.25, 0.3) is 0 Å². The van der Waals surface area contributed by atoms with Crippen LogP contribution in [0.15, 0.2) is 0 Å². The fourth-order valence-corrected chi connectivity index (χ4v) is 6.18. The monoisotopic (exact) mass is 837 g/mol. The number of hydrogen-bond donors (Lipinski definition) is 1. The molecule has 0 aliphatic carbocycles. The molecule has 4 aromatic rings. The lowest BCUT2D eigenvalue weighted by Crippen LogP contribution is -2.81. The Balaban J connectivity index is 0.000000665. The minimum Gasteiger partial charge on any atom is -0.358 e. The fourth-order valence-electron chi connectivity index (χ4n) is 6.18. The molecule has 0 atom stereocenters. The van der Waals surface area contributed by atoms with Gasteiger partial charge in [-0.2, -0.15) is 0 Å². The Bertz CT molecular complexity index is 1730. The first-order valence-electron chi connectivity index (χ1n) is 16.1. The molecule has 0 amide bonds. The van der Waals surface area contributed by atoms with Crippen LogP contribution in [-0.2, 0) is 0 Å². The van der Waals surface area contributed by atoms with Crippen molar-refractivity contribution in [3.05, 3.63) is 116 Å². The summed E-state index contributed by atoms with van der Waals surface area (Å²) in [7, 11) is 0. The molecule has 22 heteroatoms. The van der Waals surface area contributed by atoms with Crippen LogP contribution in [0, 0.1) is 116 Å². The van der Waals surface area contributed by atoms with Crippen LogP contribution in [0.5, 0.6) is 0 Å². The van der Waals surface area contributed by atoms with Crippen LogP contribution in [0.4, 0.5) is 87.8 Å². The van der Waals surface area contributed by atoms with E-state index in [1.54, 1.807) is 0 Å². The van der Waals surface area contributed by atoms with Gasteiger partial charge in [-0.15, -0.1) is 21.9 Å². The largest absolute Gasteiger partial charge is 0.358 e. The lowest BCUT2D eigenvalue weighted by Gasteiger charge is -2.44. The summed E-state index contributed by atoms with van der Waals surface area (Å²) in [5.74, 6) is -71.4. The molecule has 0 spiro atoms. The summed E-state index contributed by atoms with van der Waals surface area (Å²) in [6.45, 7) is 3.39. The Morgan fingerprint density at radius 3 is 0.607 bits per heavy atom. The smallest absolute Gasteiger partial charge is 0.200 e. The van der Waals surface area contributed by atoms with Crippen molar-refractivity contribution in [3.8, 4) is 0 Å². The highest BCUT2D eigenvalue weighted by atomic mass is 19.2. The van der Waals surface area contributed by atoms with Crippen LogP contribution in [0.3, 0.4) is 0 Å². The summed E-state index contributed by atoms with van der Waals surface area (Å²) in [5, 5.41) is 0. The SMILES string of the molecule is CCCCCCCCCC[NH3+].Fc1c(F)c(F)c([B-](c2c(F)c(F)c(F)c(F)c2F)(c2c(F)c(F)c(F)c(F)c2F)c2c(F)c(F)c(F)c(F)c2F)c(F)c1F. The summed E-state index contributed by atoms with van der Waals surface area (Å²) < 4.78 is 294. The minimum atomic E-state index is -7.22. The third-order valence-electron chi connectivity index (χ3n) is 8.81. The van der Waals surface area contributed by atoms with Gasteiger partial charge in [-0.1, -0.05) is 45.4 Å². The Morgan fingerprint density at radius 2 is 0.429 bits per heavy atom. The van der Waals surface area contributed by atoms with Gasteiger partial charge in [-0.25, -0.2) is 87.8 Å². The summed E-state index contributed by atoms with van der Waals surface area (Å²) >= 11 is 0. The number of unbranched alkanes of at least 4 members (excludes halogenated alkanes) is 7. The molecular formula is C34H24BF20N. The van der Waals surface area contributed by atoms with E-state index in [2.05, 4.69) is 12.7 Å². The second-order valence-electron chi connectivity index (χ2n) is 12.1. The number of quaternary nitrogens is 1.